The van der Waals surface area contributed by atoms with E-state index in [4.69, 9.17) is 0 Å². The van der Waals surface area contributed by atoms with Crippen molar-refractivity contribution >= 4 is 11.6 Å². The zero-order chi connectivity index (χ0) is 14.9. The third-order valence-electron chi connectivity index (χ3n) is 5.84. The van der Waals surface area contributed by atoms with Crippen molar-refractivity contribution in [2.75, 3.05) is 31.1 Å². The molecule has 3 fully saturated rings. The third-order valence-corrected chi connectivity index (χ3v) is 5.84. The lowest BCUT2D eigenvalue weighted by molar-refractivity contribution is -0.133. The van der Waals surface area contributed by atoms with E-state index in [0.29, 0.717) is 11.8 Å². The van der Waals surface area contributed by atoms with Gasteiger partial charge in [-0.05, 0) is 36.8 Å². The molecule has 1 aromatic carbocycles. The first-order chi connectivity index (χ1) is 10.8. The van der Waals surface area contributed by atoms with Crippen molar-refractivity contribution in [1.29, 1.82) is 0 Å². The summed E-state index contributed by atoms with van der Waals surface area (Å²) in [6, 6.07) is 10.6. The molecule has 2 atom stereocenters. The number of para-hydroxylation sites is 1. The third kappa shape index (κ3) is 2.73. The van der Waals surface area contributed by atoms with Crippen LogP contribution in [0.5, 0.6) is 0 Å². The van der Waals surface area contributed by atoms with Gasteiger partial charge < -0.3 is 9.80 Å². The summed E-state index contributed by atoms with van der Waals surface area (Å²) < 4.78 is 0. The molecule has 2 saturated carbocycles. The van der Waals surface area contributed by atoms with Crippen LogP contribution in [0.2, 0.25) is 0 Å². The van der Waals surface area contributed by atoms with E-state index in [2.05, 4.69) is 40.1 Å². The molecular formula is C19H26N2O. The van der Waals surface area contributed by atoms with Crippen LogP contribution in [0, 0.1) is 17.8 Å². The lowest BCUT2D eigenvalue weighted by atomic mass is 9.81. The summed E-state index contributed by atoms with van der Waals surface area (Å²) in [5.74, 6) is 2.43. The minimum atomic E-state index is 0.369. The molecule has 0 radical (unpaired) electrons. The maximum Gasteiger partial charge on any atom is 0.226 e. The SMILES string of the molecule is O=C([C@@H]1C[C@H]1C1CCC1)N1CCCN(c2ccccc2)CC1. The van der Waals surface area contributed by atoms with Gasteiger partial charge >= 0.3 is 0 Å². The minimum Gasteiger partial charge on any atom is -0.370 e. The number of hydrogen-bond donors (Lipinski definition) is 0. The van der Waals surface area contributed by atoms with Crippen molar-refractivity contribution in [1.82, 2.24) is 4.90 Å². The number of benzene rings is 1. The Morgan fingerprint density at radius 3 is 2.50 bits per heavy atom. The monoisotopic (exact) mass is 298 g/mol. The van der Waals surface area contributed by atoms with E-state index in [1.807, 2.05) is 0 Å². The molecule has 3 heteroatoms. The fourth-order valence-corrected chi connectivity index (χ4v) is 4.16. The van der Waals surface area contributed by atoms with Crippen LogP contribution in [-0.4, -0.2) is 37.0 Å². The van der Waals surface area contributed by atoms with Crippen molar-refractivity contribution in [3.63, 3.8) is 0 Å². The zero-order valence-corrected chi connectivity index (χ0v) is 13.3. The van der Waals surface area contributed by atoms with Crippen LogP contribution in [0.4, 0.5) is 5.69 Å². The second-order valence-electron chi connectivity index (χ2n) is 7.20. The summed E-state index contributed by atoms with van der Waals surface area (Å²) in [5, 5.41) is 0. The molecule has 0 unspecified atom stereocenters. The minimum absolute atomic E-state index is 0.369. The number of carbonyl (C=O) groups is 1. The van der Waals surface area contributed by atoms with E-state index >= 15 is 0 Å². The molecule has 0 aromatic heterocycles. The van der Waals surface area contributed by atoms with Gasteiger partial charge in [-0.25, -0.2) is 0 Å². The Hall–Kier alpha value is -1.51. The van der Waals surface area contributed by atoms with Gasteiger partial charge in [0.1, 0.15) is 0 Å². The van der Waals surface area contributed by atoms with E-state index in [9.17, 15) is 4.79 Å². The van der Waals surface area contributed by atoms with Crippen LogP contribution in [0.25, 0.3) is 0 Å². The van der Waals surface area contributed by atoms with Crippen LogP contribution in [0.3, 0.4) is 0 Å². The van der Waals surface area contributed by atoms with Gasteiger partial charge in [-0.1, -0.05) is 37.5 Å². The standard InChI is InChI=1S/C19H26N2O/c22-19(18-14-17(18)15-6-4-7-15)21-11-5-10-20(12-13-21)16-8-2-1-3-9-16/h1-3,8-9,15,17-18H,4-7,10-14H2/t17-,18+/m0/s1. The molecule has 2 aliphatic carbocycles. The molecule has 1 aliphatic heterocycles. The van der Waals surface area contributed by atoms with Crippen molar-refractivity contribution < 1.29 is 4.79 Å². The fourth-order valence-electron chi connectivity index (χ4n) is 4.16. The molecule has 22 heavy (non-hydrogen) atoms. The zero-order valence-electron chi connectivity index (χ0n) is 13.3. The Labute approximate surface area is 133 Å². The maximum absolute atomic E-state index is 12.7. The van der Waals surface area contributed by atoms with Gasteiger partial charge in [-0.2, -0.15) is 0 Å². The van der Waals surface area contributed by atoms with E-state index in [0.717, 1.165) is 44.4 Å². The number of anilines is 1. The summed E-state index contributed by atoms with van der Waals surface area (Å²) in [7, 11) is 0. The van der Waals surface area contributed by atoms with Crippen LogP contribution in [0.1, 0.15) is 32.1 Å². The van der Waals surface area contributed by atoms with E-state index in [-0.39, 0.29) is 0 Å². The number of rotatable bonds is 3. The Kier molecular flexibility index (Phi) is 3.81. The molecule has 1 heterocycles. The highest BCUT2D eigenvalue weighted by Crippen LogP contribution is 2.52. The summed E-state index contributed by atoms with van der Waals surface area (Å²) in [6.07, 6.45) is 6.38. The van der Waals surface area contributed by atoms with Crippen LogP contribution >= 0.6 is 0 Å². The number of carbonyl (C=O) groups excluding carboxylic acids is 1. The molecule has 4 rings (SSSR count). The highest BCUT2D eigenvalue weighted by atomic mass is 16.2. The van der Waals surface area contributed by atoms with Gasteiger partial charge in [-0.3, -0.25) is 4.79 Å². The summed E-state index contributed by atoms with van der Waals surface area (Å²) in [6.45, 7) is 3.86. The molecule has 0 bridgehead atoms. The van der Waals surface area contributed by atoms with Crippen LogP contribution < -0.4 is 4.90 Å². The lowest BCUT2D eigenvalue weighted by Gasteiger charge is -2.27. The average molecular weight is 298 g/mol. The van der Waals surface area contributed by atoms with Gasteiger partial charge in [0.2, 0.25) is 5.91 Å². The van der Waals surface area contributed by atoms with Crippen molar-refractivity contribution in [3.8, 4) is 0 Å². The molecule has 1 saturated heterocycles. The Bertz CT molecular complexity index is 525. The topological polar surface area (TPSA) is 23.6 Å². The number of amides is 1. The largest absolute Gasteiger partial charge is 0.370 e. The lowest BCUT2D eigenvalue weighted by Crippen LogP contribution is -2.37. The fraction of sp³-hybridized carbons (Fsp3) is 0.632. The highest BCUT2D eigenvalue weighted by Gasteiger charge is 2.50. The first-order valence-electron chi connectivity index (χ1n) is 8.92. The van der Waals surface area contributed by atoms with E-state index in [1.54, 1.807) is 0 Å². The molecular weight excluding hydrogens is 272 g/mol. The second-order valence-corrected chi connectivity index (χ2v) is 7.20. The number of hydrogen-bond acceptors (Lipinski definition) is 2. The highest BCUT2D eigenvalue weighted by molar-refractivity contribution is 5.82. The van der Waals surface area contributed by atoms with Gasteiger partial charge in [0.05, 0.1) is 0 Å². The van der Waals surface area contributed by atoms with Crippen molar-refractivity contribution in [2.45, 2.75) is 32.1 Å². The Morgan fingerprint density at radius 2 is 1.77 bits per heavy atom. The van der Waals surface area contributed by atoms with Crippen molar-refractivity contribution in [3.05, 3.63) is 30.3 Å². The van der Waals surface area contributed by atoms with Crippen LogP contribution in [0.15, 0.2) is 30.3 Å². The number of nitrogens with zero attached hydrogens (tertiary/aromatic N) is 2. The predicted molar refractivity (Wildman–Crippen MR) is 88.8 cm³/mol. The molecule has 3 nitrogen and oxygen atoms in total. The van der Waals surface area contributed by atoms with Gasteiger partial charge in [0.25, 0.3) is 0 Å². The maximum atomic E-state index is 12.7. The van der Waals surface area contributed by atoms with E-state index < -0.39 is 0 Å². The Morgan fingerprint density at radius 1 is 0.955 bits per heavy atom. The first kappa shape index (κ1) is 14.1. The molecule has 3 aliphatic rings. The average Bonchev–Trinajstić information content (AvgIpc) is 3.29. The molecule has 0 spiro atoms. The van der Waals surface area contributed by atoms with Gasteiger partial charge in [0, 0.05) is 37.8 Å². The second kappa shape index (κ2) is 5.94. The van der Waals surface area contributed by atoms with E-state index in [1.165, 1.54) is 31.4 Å². The summed E-state index contributed by atoms with van der Waals surface area (Å²) >= 11 is 0. The summed E-state index contributed by atoms with van der Waals surface area (Å²) in [4.78, 5) is 17.3. The van der Waals surface area contributed by atoms with Gasteiger partial charge in [0.15, 0.2) is 0 Å². The Balaban J connectivity index is 1.34. The smallest absolute Gasteiger partial charge is 0.226 e. The van der Waals surface area contributed by atoms with Crippen molar-refractivity contribution in [2.24, 2.45) is 17.8 Å². The molecule has 1 amide bonds. The molecule has 118 valence electrons. The molecule has 1 aromatic rings. The normalized spacial score (nSPS) is 28.9. The first-order valence-corrected chi connectivity index (χ1v) is 8.92. The summed E-state index contributed by atoms with van der Waals surface area (Å²) in [5.41, 5.74) is 1.29. The predicted octanol–water partition coefficient (Wildman–Crippen LogP) is 3.16. The van der Waals surface area contributed by atoms with Crippen LogP contribution in [-0.2, 0) is 4.79 Å². The molecule has 0 N–H and O–H groups in total. The van der Waals surface area contributed by atoms with Gasteiger partial charge in [-0.15, -0.1) is 0 Å². The quantitative estimate of drug-likeness (QED) is 0.856.